The second-order valence-corrected chi connectivity index (χ2v) is 4.40. The number of carbonyl (C=O) groups is 1. The van der Waals surface area contributed by atoms with Crippen LogP contribution < -0.4 is 5.30 Å². The molecule has 68 valence electrons. The third-order valence-electron chi connectivity index (χ3n) is 2.00. The van der Waals surface area contributed by atoms with Crippen LogP contribution >= 0.6 is 8.58 Å². The maximum atomic E-state index is 10.5. The zero-order valence-electron chi connectivity index (χ0n) is 7.19. The summed E-state index contributed by atoms with van der Waals surface area (Å²) < 4.78 is 4.93. The number of cyclic esters (lactones) is 1. The summed E-state index contributed by atoms with van der Waals surface area (Å²) in [5, 5.41) is 1.34. The second kappa shape index (κ2) is 3.89. The lowest BCUT2D eigenvalue weighted by atomic mass is 10.2. The van der Waals surface area contributed by atoms with Crippen molar-refractivity contribution in [1.82, 2.24) is 0 Å². The smallest absolute Gasteiger partial charge is 0.309 e. The number of hydrogen-bond donors (Lipinski definition) is 0. The van der Waals surface area contributed by atoms with Crippen LogP contribution in [0.5, 0.6) is 0 Å². The number of ether oxygens (including phenoxy) is 1. The van der Waals surface area contributed by atoms with Crippen LogP contribution in [-0.4, -0.2) is 18.2 Å². The van der Waals surface area contributed by atoms with E-state index >= 15 is 0 Å². The number of esters is 1. The Morgan fingerprint density at radius 3 is 2.69 bits per heavy atom. The van der Waals surface area contributed by atoms with Crippen molar-refractivity contribution in [2.45, 2.75) is 12.5 Å². The highest BCUT2D eigenvalue weighted by atomic mass is 31.1. The maximum absolute atomic E-state index is 10.5. The van der Waals surface area contributed by atoms with E-state index in [2.05, 4.69) is 12.1 Å². The molecule has 2 unspecified atom stereocenters. The Morgan fingerprint density at radius 2 is 2.08 bits per heavy atom. The summed E-state index contributed by atoms with van der Waals surface area (Å²) in [4.78, 5) is 10.5. The maximum Gasteiger partial charge on any atom is 0.309 e. The van der Waals surface area contributed by atoms with Crippen LogP contribution in [0.15, 0.2) is 30.3 Å². The minimum atomic E-state index is -0.0529. The Hall–Kier alpha value is -0.880. The molecule has 0 radical (unpaired) electrons. The van der Waals surface area contributed by atoms with Crippen LogP contribution in [0.2, 0.25) is 0 Å². The molecule has 1 fully saturated rings. The molecule has 0 amide bonds. The van der Waals surface area contributed by atoms with Gasteiger partial charge in [0.15, 0.2) is 0 Å². The van der Waals surface area contributed by atoms with Crippen LogP contribution in [0.25, 0.3) is 0 Å². The fraction of sp³-hybridized carbons (Fsp3) is 0.300. The van der Waals surface area contributed by atoms with Crippen LogP contribution in [0.1, 0.15) is 6.42 Å². The molecule has 13 heavy (non-hydrogen) atoms. The Bertz CT molecular complexity index is 289. The fourth-order valence-electron chi connectivity index (χ4n) is 1.26. The predicted molar refractivity (Wildman–Crippen MR) is 53.8 cm³/mol. The first-order chi connectivity index (χ1) is 6.34. The summed E-state index contributed by atoms with van der Waals surface area (Å²) in [6.45, 7) is 0. The van der Waals surface area contributed by atoms with Gasteiger partial charge >= 0.3 is 5.97 Å². The summed E-state index contributed by atoms with van der Waals surface area (Å²) in [6, 6.07) is 10.3. The Labute approximate surface area is 79.1 Å². The fourth-order valence-corrected chi connectivity index (χ4v) is 2.38. The zero-order chi connectivity index (χ0) is 9.10. The molecule has 3 heteroatoms. The second-order valence-electron chi connectivity index (χ2n) is 3.06. The molecule has 1 saturated heterocycles. The number of rotatable bonds is 3. The average molecular weight is 194 g/mol. The highest BCUT2D eigenvalue weighted by Crippen LogP contribution is 2.21. The van der Waals surface area contributed by atoms with Gasteiger partial charge in [-0.1, -0.05) is 38.9 Å². The lowest BCUT2D eigenvalue weighted by molar-refractivity contribution is -0.166. The molecule has 2 rings (SSSR count). The standard InChI is InChI=1S/C10H11O2P/c11-10-6-8(12-10)7-13-9-4-2-1-3-5-9/h1-5,8,13H,6-7H2. The Morgan fingerprint density at radius 1 is 1.38 bits per heavy atom. The van der Waals surface area contributed by atoms with Gasteiger partial charge in [0.2, 0.25) is 0 Å². The molecule has 0 saturated carbocycles. The third kappa shape index (κ3) is 2.28. The van der Waals surface area contributed by atoms with Gasteiger partial charge in [0.05, 0.1) is 6.42 Å². The molecule has 1 aromatic rings. The van der Waals surface area contributed by atoms with Gasteiger partial charge in [0.25, 0.3) is 0 Å². The summed E-state index contributed by atoms with van der Waals surface area (Å²) >= 11 is 0. The van der Waals surface area contributed by atoms with E-state index in [1.165, 1.54) is 5.30 Å². The summed E-state index contributed by atoms with van der Waals surface area (Å²) in [7, 11) is 0.755. The monoisotopic (exact) mass is 194 g/mol. The van der Waals surface area contributed by atoms with E-state index < -0.39 is 0 Å². The van der Waals surface area contributed by atoms with Gasteiger partial charge in [-0.2, -0.15) is 0 Å². The molecule has 1 heterocycles. The van der Waals surface area contributed by atoms with E-state index in [1.807, 2.05) is 18.2 Å². The van der Waals surface area contributed by atoms with Gasteiger partial charge in [0.1, 0.15) is 6.10 Å². The first-order valence-electron chi connectivity index (χ1n) is 4.33. The van der Waals surface area contributed by atoms with Crippen molar-refractivity contribution in [1.29, 1.82) is 0 Å². The number of carbonyl (C=O) groups excluding carboxylic acids is 1. The molecule has 0 aliphatic carbocycles. The molecule has 2 nitrogen and oxygen atoms in total. The minimum Gasteiger partial charge on any atom is -0.461 e. The van der Waals surface area contributed by atoms with Crippen molar-refractivity contribution in [3.05, 3.63) is 30.3 Å². The summed E-state index contributed by atoms with van der Waals surface area (Å²) in [6.07, 6.45) is 1.78. The van der Waals surface area contributed by atoms with E-state index in [1.54, 1.807) is 0 Å². The van der Waals surface area contributed by atoms with Gasteiger partial charge in [0, 0.05) is 6.16 Å². The van der Waals surface area contributed by atoms with Gasteiger partial charge in [-0.05, 0) is 5.30 Å². The summed E-state index contributed by atoms with van der Waals surface area (Å²) in [5.41, 5.74) is 0. The van der Waals surface area contributed by atoms with E-state index in [4.69, 9.17) is 4.74 Å². The van der Waals surface area contributed by atoms with E-state index in [0.29, 0.717) is 6.42 Å². The Kier molecular flexibility index (Phi) is 2.60. The summed E-state index contributed by atoms with van der Waals surface area (Å²) in [5.74, 6) is -0.0529. The molecule has 2 atom stereocenters. The quantitative estimate of drug-likeness (QED) is 0.535. The van der Waals surface area contributed by atoms with Crippen molar-refractivity contribution in [3.63, 3.8) is 0 Å². The van der Waals surface area contributed by atoms with Gasteiger partial charge in [-0.15, -0.1) is 0 Å². The molecular formula is C10H11O2P. The largest absolute Gasteiger partial charge is 0.461 e. The van der Waals surface area contributed by atoms with Gasteiger partial charge in [-0.3, -0.25) is 4.79 Å². The van der Waals surface area contributed by atoms with Crippen molar-refractivity contribution >= 4 is 19.9 Å². The van der Waals surface area contributed by atoms with Crippen molar-refractivity contribution in [2.75, 3.05) is 6.16 Å². The van der Waals surface area contributed by atoms with Crippen LogP contribution in [-0.2, 0) is 9.53 Å². The van der Waals surface area contributed by atoms with Crippen LogP contribution in [0, 0.1) is 0 Å². The first kappa shape index (κ1) is 8.71. The third-order valence-corrected chi connectivity index (χ3v) is 3.40. The molecular weight excluding hydrogens is 183 g/mol. The normalized spacial score (nSPS) is 21.5. The molecule has 1 aromatic carbocycles. The topological polar surface area (TPSA) is 26.3 Å². The first-order valence-corrected chi connectivity index (χ1v) is 5.54. The molecule has 0 N–H and O–H groups in total. The van der Waals surface area contributed by atoms with Crippen LogP contribution in [0.4, 0.5) is 0 Å². The predicted octanol–water partition coefficient (Wildman–Crippen LogP) is 1.31. The number of hydrogen-bond acceptors (Lipinski definition) is 2. The highest BCUT2D eigenvalue weighted by molar-refractivity contribution is 7.47. The highest BCUT2D eigenvalue weighted by Gasteiger charge is 2.27. The van der Waals surface area contributed by atoms with Crippen molar-refractivity contribution in [3.8, 4) is 0 Å². The van der Waals surface area contributed by atoms with Gasteiger partial charge in [-0.25, -0.2) is 0 Å². The lowest BCUT2D eigenvalue weighted by Crippen LogP contribution is -2.34. The van der Waals surface area contributed by atoms with E-state index in [9.17, 15) is 4.79 Å². The SMILES string of the molecule is O=C1CC(CPc2ccccc2)O1. The molecule has 1 aliphatic rings. The molecule has 0 spiro atoms. The minimum absolute atomic E-state index is 0.0529. The molecule has 0 aromatic heterocycles. The lowest BCUT2D eigenvalue weighted by Gasteiger charge is -2.25. The van der Waals surface area contributed by atoms with Gasteiger partial charge < -0.3 is 4.74 Å². The van der Waals surface area contributed by atoms with Crippen molar-refractivity contribution in [2.24, 2.45) is 0 Å². The van der Waals surface area contributed by atoms with Crippen molar-refractivity contribution < 1.29 is 9.53 Å². The zero-order valence-corrected chi connectivity index (χ0v) is 8.19. The molecule has 0 bridgehead atoms. The number of benzene rings is 1. The average Bonchev–Trinajstić information content (AvgIpc) is 2.12. The van der Waals surface area contributed by atoms with Crippen LogP contribution in [0.3, 0.4) is 0 Å². The van der Waals surface area contributed by atoms with E-state index in [0.717, 1.165) is 14.7 Å². The molecule has 1 aliphatic heterocycles. The Balaban J connectivity index is 1.77. The van der Waals surface area contributed by atoms with E-state index in [-0.39, 0.29) is 12.1 Å².